The maximum atomic E-state index is 13.7. The zero-order valence-electron chi connectivity index (χ0n) is 21.2. The topological polar surface area (TPSA) is 105 Å². The van der Waals surface area contributed by atoms with E-state index in [0.717, 1.165) is 25.8 Å². The number of aromatic hydroxyl groups is 2. The summed E-state index contributed by atoms with van der Waals surface area (Å²) in [5, 5.41) is 27.5. The van der Waals surface area contributed by atoms with Gasteiger partial charge in [0, 0.05) is 61.4 Å². The summed E-state index contributed by atoms with van der Waals surface area (Å²) < 4.78 is 0. The number of likely N-dealkylation sites (tertiary alicyclic amines) is 1. The van der Waals surface area contributed by atoms with Crippen LogP contribution in [0.3, 0.4) is 0 Å². The van der Waals surface area contributed by atoms with Crippen LogP contribution in [-0.2, 0) is 0 Å². The van der Waals surface area contributed by atoms with Crippen LogP contribution >= 0.6 is 23.2 Å². The molecule has 2 aliphatic rings. The zero-order chi connectivity index (χ0) is 26.7. The lowest BCUT2D eigenvalue weighted by Crippen LogP contribution is -2.50. The van der Waals surface area contributed by atoms with E-state index in [1.165, 1.54) is 12.1 Å². The molecule has 4 rings (SSSR count). The fourth-order valence-electron chi connectivity index (χ4n) is 5.31. The molecule has 2 aromatic rings. The van der Waals surface area contributed by atoms with Gasteiger partial charge in [-0.1, -0.05) is 6.42 Å². The van der Waals surface area contributed by atoms with Crippen LogP contribution in [0.4, 0.5) is 11.4 Å². The lowest BCUT2D eigenvalue weighted by molar-refractivity contribution is 0.0975. The third kappa shape index (κ3) is 5.53. The smallest absolute Gasteiger partial charge is 0.200 e. The largest absolute Gasteiger partial charge is 0.507 e. The number of ketones is 2. The van der Waals surface area contributed by atoms with Gasteiger partial charge in [-0.25, -0.2) is 0 Å². The summed E-state index contributed by atoms with van der Waals surface area (Å²) in [7, 11) is 3.89. The highest BCUT2D eigenvalue weighted by Crippen LogP contribution is 2.42. The first-order valence-corrected chi connectivity index (χ1v) is 13.7. The van der Waals surface area contributed by atoms with Crippen molar-refractivity contribution in [2.24, 2.45) is 0 Å². The number of likely N-dealkylation sites (N-methyl/N-ethyl adjacent to an activating group) is 1. The summed E-state index contributed by atoms with van der Waals surface area (Å²) in [4.78, 5) is 31.7. The quantitative estimate of drug-likeness (QED) is 0.223. The highest BCUT2D eigenvalue weighted by Gasteiger charge is 2.38. The second kappa shape index (κ2) is 11.9. The molecule has 8 nitrogen and oxygen atoms in total. The highest BCUT2D eigenvalue weighted by atomic mass is 35.5. The number of halogens is 2. The lowest BCUT2D eigenvalue weighted by Gasteiger charge is -2.41. The predicted octanol–water partition coefficient (Wildman–Crippen LogP) is 3.96. The molecule has 1 aliphatic heterocycles. The van der Waals surface area contributed by atoms with Gasteiger partial charge in [0.2, 0.25) is 11.6 Å². The standard InChI is InChI=1S/C27H34Cl2N4O4/c1-32(2)12-10-30-18-6-7-19(31-11-13-33-16(14-28)4-3-5-17(33)15-29)23-22(18)26(36)24-20(34)8-9-21(35)25(24)27(23)37/h6-9,16-17,30-31,34-35H,3-5,10-15H2,1-2H3. The Balaban J connectivity index is 1.67. The number of phenols is 2. The number of hydrogen-bond donors (Lipinski definition) is 4. The molecule has 1 aliphatic carbocycles. The molecule has 1 fully saturated rings. The van der Waals surface area contributed by atoms with Crippen molar-refractivity contribution in [2.75, 3.05) is 62.7 Å². The number of nitrogens with one attached hydrogen (secondary N) is 2. The number of anilines is 2. The molecule has 200 valence electrons. The number of carbonyl (C=O) groups is 2. The number of rotatable bonds is 10. The van der Waals surface area contributed by atoms with Gasteiger partial charge in [0.25, 0.3) is 0 Å². The molecule has 2 unspecified atom stereocenters. The normalized spacial score (nSPS) is 19.6. The number of fused-ring (bicyclic) bond motifs is 2. The van der Waals surface area contributed by atoms with Gasteiger partial charge in [-0.15, -0.1) is 23.2 Å². The molecule has 2 atom stereocenters. The summed E-state index contributed by atoms with van der Waals surface area (Å²) in [6, 6.07) is 6.50. The Kier molecular flexibility index (Phi) is 8.85. The van der Waals surface area contributed by atoms with E-state index in [2.05, 4.69) is 15.5 Å². The van der Waals surface area contributed by atoms with E-state index < -0.39 is 11.6 Å². The second-order valence-electron chi connectivity index (χ2n) is 9.86. The molecule has 4 N–H and O–H groups in total. The number of piperidine rings is 1. The lowest BCUT2D eigenvalue weighted by atomic mass is 9.81. The van der Waals surface area contributed by atoms with Crippen molar-refractivity contribution in [3.8, 4) is 11.5 Å². The third-order valence-electron chi connectivity index (χ3n) is 7.20. The van der Waals surface area contributed by atoms with Crippen molar-refractivity contribution in [3.63, 3.8) is 0 Å². The summed E-state index contributed by atoms with van der Waals surface area (Å²) in [6.45, 7) is 2.47. The number of hydrogen-bond acceptors (Lipinski definition) is 8. The molecular weight excluding hydrogens is 515 g/mol. The van der Waals surface area contributed by atoms with E-state index in [9.17, 15) is 19.8 Å². The van der Waals surface area contributed by atoms with Crippen molar-refractivity contribution in [2.45, 2.75) is 31.3 Å². The van der Waals surface area contributed by atoms with Gasteiger partial charge in [-0.2, -0.15) is 0 Å². The number of carbonyl (C=O) groups excluding carboxylic acids is 2. The van der Waals surface area contributed by atoms with Crippen molar-refractivity contribution in [1.82, 2.24) is 9.80 Å². The Morgan fingerprint density at radius 2 is 1.32 bits per heavy atom. The van der Waals surface area contributed by atoms with E-state index in [1.54, 1.807) is 12.1 Å². The molecule has 10 heteroatoms. The van der Waals surface area contributed by atoms with Crippen LogP contribution in [0.5, 0.6) is 11.5 Å². The SMILES string of the molecule is CN(C)CCNc1ccc(NCCN2C(CCl)CCCC2CCl)c2c1C(=O)c1c(O)ccc(O)c1C2=O. The summed E-state index contributed by atoms with van der Waals surface area (Å²) in [6.07, 6.45) is 3.14. The maximum Gasteiger partial charge on any atom is 0.200 e. The second-order valence-corrected chi connectivity index (χ2v) is 10.5. The Bertz CT molecular complexity index is 1160. The van der Waals surface area contributed by atoms with Gasteiger partial charge in [0.05, 0.1) is 22.3 Å². The van der Waals surface area contributed by atoms with Crippen molar-refractivity contribution in [1.29, 1.82) is 0 Å². The minimum Gasteiger partial charge on any atom is -0.507 e. The molecule has 0 saturated carbocycles. The molecule has 0 aromatic heterocycles. The Morgan fingerprint density at radius 3 is 1.78 bits per heavy atom. The number of phenolic OH excluding ortho intramolecular Hbond substituents is 2. The Hall–Kier alpha value is -2.52. The third-order valence-corrected chi connectivity index (χ3v) is 7.92. The van der Waals surface area contributed by atoms with Crippen LogP contribution in [0.1, 0.15) is 51.1 Å². The van der Waals surface area contributed by atoms with E-state index >= 15 is 0 Å². The fraction of sp³-hybridized carbons (Fsp3) is 0.481. The van der Waals surface area contributed by atoms with Crippen LogP contribution in [-0.4, -0.2) is 95.7 Å². The highest BCUT2D eigenvalue weighted by molar-refractivity contribution is 6.33. The van der Waals surface area contributed by atoms with Crippen molar-refractivity contribution >= 4 is 46.1 Å². The van der Waals surface area contributed by atoms with Gasteiger partial charge in [0.1, 0.15) is 11.5 Å². The first kappa shape index (κ1) is 27.5. The molecule has 0 amide bonds. The Labute approximate surface area is 227 Å². The van der Waals surface area contributed by atoms with Crippen LogP contribution in [0.2, 0.25) is 0 Å². The van der Waals surface area contributed by atoms with Crippen LogP contribution in [0, 0.1) is 0 Å². The molecule has 0 radical (unpaired) electrons. The summed E-state index contributed by atoms with van der Waals surface area (Å²) in [5.41, 5.74) is 1.04. The first-order valence-electron chi connectivity index (χ1n) is 12.6. The first-order chi connectivity index (χ1) is 17.8. The van der Waals surface area contributed by atoms with Crippen molar-refractivity contribution < 1.29 is 19.8 Å². The number of nitrogens with zero attached hydrogens (tertiary/aromatic N) is 2. The summed E-state index contributed by atoms with van der Waals surface area (Å²) in [5.74, 6) is -0.622. The van der Waals surface area contributed by atoms with E-state index in [1.807, 2.05) is 19.0 Å². The van der Waals surface area contributed by atoms with E-state index in [4.69, 9.17) is 23.2 Å². The van der Waals surface area contributed by atoms with Gasteiger partial charge in [0.15, 0.2) is 0 Å². The van der Waals surface area contributed by atoms with Crippen molar-refractivity contribution in [3.05, 3.63) is 46.5 Å². The molecule has 2 aromatic carbocycles. The molecule has 1 saturated heterocycles. The van der Waals surface area contributed by atoms with E-state index in [0.29, 0.717) is 42.8 Å². The van der Waals surface area contributed by atoms with Gasteiger partial charge in [-0.3, -0.25) is 14.5 Å². The molecule has 1 heterocycles. The summed E-state index contributed by atoms with van der Waals surface area (Å²) >= 11 is 12.5. The molecule has 0 bridgehead atoms. The van der Waals surface area contributed by atoms with Gasteiger partial charge >= 0.3 is 0 Å². The zero-order valence-corrected chi connectivity index (χ0v) is 22.7. The van der Waals surface area contributed by atoms with Crippen LogP contribution in [0.25, 0.3) is 0 Å². The van der Waals surface area contributed by atoms with Gasteiger partial charge in [-0.05, 0) is 51.2 Å². The molecule has 37 heavy (non-hydrogen) atoms. The Morgan fingerprint density at radius 1 is 0.838 bits per heavy atom. The van der Waals surface area contributed by atoms with Gasteiger partial charge < -0.3 is 25.7 Å². The van der Waals surface area contributed by atoms with Crippen LogP contribution < -0.4 is 10.6 Å². The van der Waals surface area contributed by atoms with Crippen LogP contribution in [0.15, 0.2) is 24.3 Å². The minimum absolute atomic E-state index is 0.173. The predicted molar refractivity (Wildman–Crippen MR) is 148 cm³/mol. The number of alkyl halides is 2. The molecule has 0 spiro atoms. The molecular formula is C27H34Cl2N4O4. The average Bonchev–Trinajstić information content (AvgIpc) is 2.88. The average molecular weight is 549 g/mol. The minimum atomic E-state index is -0.507. The van der Waals surface area contributed by atoms with E-state index in [-0.39, 0.29) is 45.8 Å². The monoisotopic (exact) mass is 548 g/mol. The fourth-order valence-corrected chi connectivity index (χ4v) is 5.97. The maximum absolute atomic E-state index is 13.7. The number of benzene rings is 2.